The Morgan fingerprint density at radius 2 is 1.60 bits per heavy atom. The number of hydrogen-bond acceptors (Lipinski definition) is 4. The minimum atomic E-state index is -1.29. The maximum absolute atomic E-state index is 13.4. The number of fused-ring (bicyclic) bond motifs is 1. The van der Waals surface area contributed by atoms with Gasteiger partial charge in [0.05, 0.1) is 5.52 Å². The van der Waals surface area contributed by atoms with Gasteiger partial charge in [-0.05, 0) is 49.5 Å². The summed E-state index contributed by atoms with van der Waals surface area (Å²) in [7, 11) is 2.08. The first-order chi connectivity index (χ1) is 13.4. The van der Waals surface area contributed by atoms with Gasteiger partial charge >= 0.3 is 5.97 Å². The Bertz CT molecular complexity index is 1110. The number of carbonyl (C=O) groups is 1. The third-order valence-corrected chi connectivity index (χ3v) is 5.19. The fraction of sp³-hybridized carbons (Fsp3) is 0.227. The first-order valence-electron chi connectivity index (χ1n) is 9.06. The van der Waals surface area contributed by atoms with Crippen LogP contribution in [0.1, 0.15) is 10.4 Å². The molecule has 3 aromatic rings. The predicted molar refractivity (Wildman–Crippen MR) is 113 cm³/mol. The molecule has 2 heterocycles. The molecule has 1 N–H and O–H groups in total. The van der Waals surface area contributed by atoms with E-state index in [9.17, 15) is 19.1 Å². The maximum Gasteiger partial charge on any atom is 0.341 e. The Balaban J connectivity index is 0.00000160. The van der Waals surface area contributed by atoms with Crippen LogP contribution in [0, 0.1) is 13.2 Å². The molecular weight excluding hydrogens is 462 g/mol. The van der Waals surface area contributed by atoms with Crippen LogP contribution >= 0.6 is 0 Å². The van der Waals surface area contributed by atoms with Gasteiger partial charge in [-0.3, -0.25) is 4.79 Å². The van der Waals surface area contributed by atoms with E-state index in [1.165, 1.54) is 18.3 Å². The number of pyridine rings is 1. The van der Waals surface area contributed by atoms with Crippen LogP contribution < -0.4 is 10.3 Å². The van der Waals surface area contributed by atoms with Crippen molar-refractivity contribution in [2.45, 2.75) is 0 Å². The first-order valence-corrected chi connectivity index (χ1v) is 9.06. The number of aromatic nitrogens is 1. The van der Waals surface area contributed by atoms with Crippen molar-refractivity contribution in [3.8, 4) is 5.69 Å². The quantitative estimate of drug-likeness (QED) is 0.578. The van der Waals surface area contributed by atoms with E-state index in [0.29, 0.717) is 16.6 Å². The van der Waals surface area contributed by atoms with Crippen LogP contribution in [0.3, 0.4) is 0 Å². The van der Waals surface area contributed by atoms with E-state index in [-0.39, 0.29) is 51.5 Å². The minimum absolute atomic E-state index is 0. The standard InChI is InChI=1S/C21H20FN3O3.CH3.Y/c1-23-8-10-24(11-9-23)16-6-7-17-19(12-16)25(13-18(20(17)26)21(27)28)15-4-2-14(22)3-5-15;;/h2-7,12-13H,8-11H2,1H3,(H,27,28);1H3;/q;-1;. The van der Waals surface area contributed by atoms with E-state index in [1.54, 1.807) is 22.8 Å². The molecule has 2 aromatic carbocycles. The molecule has 1 fully saturated rings. The number of halogens is 1. The summed E-state index contributed by atoms with van der Waals surface area (Å²) >= 11 is 0. The third-order valence-electron chi connectivity index (χ3n) is 5.19. The smallest absolute Gasteiger partial charge is 0.341 e. The van der Waals surface area contributed by atoms with Gasteiger partial charge in [-0.2, -0.15) is 0 Å². The number of carboxylic acids is 1. The van der Waals surface area contributed by atoms with E-state index in [0.717, 1.165) is 31.9 Å². The zero-order chi connectivity index (χ0) is 19.8. The molecule has 0 atom stereocenters. The molecular formula is C22H23FN3O3Y-. The van der Waals surface area contributed by atoms with Gasteiger partial charge in [0.25, 0.3) is 0 Å². The van der Waals surface area contributed by atoms with E-state index in [4.69, 9.17) is 0 Å². The van der Waals surface area contributed by atoms with E-state index < -0.39 is 11.4 Å². The van der Waals surface area contributed by atoms with E-state index >= 15 is 0 Å². The Morgan fingerprint density at radius 1 is 1.00 bits per heavy atom. The average Bonchev–Trinajstić information content (AvgIpc) is 2.69. The van der Waals surface area contributed by atoms with Crippen LogP contribution in [0.25, 0.3) is 16.6 Å². The molecule has 0 bridgehead atoms. The predicted octanol–water partition coefficient (Wildman–Crippen LogP) is 3.03. The molecule has 0 unspecified atom stereocenters. The van der Waals surface area contributed by atoms with Crippen molar-refractivity contribution in [1.29, 1.82) is 0 Å². The van der Waals surface area contributed by atoms with Crippen molar-refractivity contribution in [1.82, 2.24) is 9.47 Å². The van der Waals surface area contributed by atoms with Crippen LogP contribution in [0.15, 0.2) is 53.5 Å². The summed E-state index contributed by atoms with van der Waals surface area (Å²) in [5.41, 5.74) is 1.32. The summed E-state index contributed by atoms with van der Waals surface area (Å²) in [6.45, 7) is 3.63. The zero-order valence-corrected chi connectivity index (χ0v) is 19.8. The number of piperazine rings is 1. The van der Waals surface area contributed by atoms with Gasteiger partial charge in [0.15, 0.2) is 0 Å². The SMILES string of the molecule is CN1CCN(c2ccc3c(=O)c(C(=O)O)cn(-c4ccc(F)cc4)c3c2)CC1.[CH3-].[Y]. The molecule has 1 saturated heterocycles. The molecule has 0 aliphatic carbocycles. The van der Waals surface area contributed by atoms with Crippen molar-refractivity contribution < 1.29 is 47.0 Å². The van der Waals surface area contributed by atoms with Crippen molar-refractivity contribution >= 4 is 22.6 Å². The average molecular weight is 485 g/mol. The Labute approximate surface area is 199 Å². The van der Waals surface area contributed by atoms with Crippen LogP contribution in [0.5, 0.6) is 0 Å². The van der Waals surface area contributed by atoms with Gasteiger partial charge in [-0.1, -0.05) is 0 Å². The van der Waals surface area contributed by atoms with Crippen molar-refractivity contribution in [3.63, 3.8) is 0 Å². The van der Waals surface area contributed by atoms with Crippen molar-refractivity contribution in [2.24, 2.45) is 0 Å². The summed E-state index contributed by atoms with van der Waals surface area (Å²) < 4.78 is 15.0. The van der Waals surface area contributed by atoms with Gasteiger partial charge in [-0.15, -0.1) is 0 Å². The fourth-order valence-electron chi connectivity index (χ4n) is 3.54. The topological polar surface area (TPSA) is 65.8 Å². The molecule has 1 aromatic heterocycles. The summed E-state index contributed by atoms with van der Waals surface area (Å²) in [4.78, 5) is 28.7. The second-order valence-corrected chi connectivity index (χ2v) is 7.02. The van der Waals surface area contributed by atoms with Gasteiger partial charge < -0.3 is 26.9 Å². The van der Waals surface area contributed by atoms with Gasteiger partial charge in [0.2, 0.25) is 5.43 Å². The van der Waals surface area contributed by atoms with Crippen LogP contribution in [-0.4, -0.2) is 53.8 Å². The van der Waals surface area contributed by atoms with Crippen LogP contribution in [0.2, 0.25) is 0 Å². The largest absolute Gasteiger partial charge is 0.477 e. The number of rotatable bonds is 3. The number of likely N-dealkylation sites (N-methyl/N-ethyl adjacent to an activating group) is 1. The number of aromatic carboxylic acids is 1. The molecule has 4 rings (SSSR count). The molecule has 30 heavy (non-hydrogen) atoms. The van der Waals surface area contributed by atoms with E-state index in [2.05, 4.69) is 16.8 Å². The molecule has 1 radical (unpaired) electrons. The summed E-state index contributed by atoms with van der Waals surface area (Å²) in [5, 5.41) is 9.76. The molecule has 155 valence electrons. The monoisotopic (exact) mass is 485 g/mol. The Kier molecular flexibility index (Phi) is 7.91. The molecule has 8 heteroatoms. The first kappa shape index (κ1) is 24.2. The normalized spacial score (nSPS) is 14.1. The number of carboxylic acid groups (broad SMARTS) is 1. The number of anilines is 1. The van der Waals surface area contributed by atoms with Crippen LogP contribution in [-0.2, 0) is 32.7 Å². The Hall–Kier alpha value is -2.09. The maximum atomic E-state index is 13.4. The minimum Gasteiger partial charge on any atom is -0.477 e. The van der Waals surface area contributed by atoms with Gasteiger partial charge in [0, 0.05) is 81.8 Å². The zero-order valence-electron chi connectivity index (χ0n) is 17.0. The molecule has 0 saturated carbocycles. The molecule has 0 spiro atoms. The summed E-state index contributed by atoms with van der Waals surface area (Å²) in [5.74, 6) is -1.67. The number of benzene rings is 2. The van der Waals surface area contributed by atoms with Gasteiger partial charge in [-0.25, -0.2) is 9.18 Å². The van der Waals surface area contributed by atoms with Gasteiger partial charge in [0.1, 0.15) is 11.4 Å². The molecule has 6 nitrogen and oxygen atoms in total. The number of hydrogen-bond donors (Lipinski definition) is 1. The summed E-state index contributed by atoms with van der Waals surface area (Å²) in [6, 6.07) is 11.2. The molecule has 0 amide bonds. The third kappa shape index (κ3) is 4.63. The number of nitrogens with zero attached hydrogens (tertiary/aromatic N) is 3. The van der Waals surface area contributed by atoms with Crippen LogP contribution in [0.4, 0.5) is 10.1 Å². The van der Waals surface area contributed by atoms with E-state index in [1.807, 2.05) is 12.1 Å². The molecule has 1 aliphatic heterocycles. The van der Waals surface area contributed by atoms with Crippen molar-refractivity contribution in [3.05, 3.63) is 77.7 Å². The van der Waals surface area contributed by atoms with Crippen molar-refractivity contribution in [2.75, 3.05) is 38.1 Å². The Morgan fingerprint density at radius 3 is 2.20 bits per heavy atom. The molecule has 1 aliphatic rings. The fourth-order valence-corrected chi connectivity index (χ4v) is 3.54. The second-order valence-electron chi connectivity index (χ2n) is 7.02. The summed E-state index contributed by atoms with van der Waals surface area (Å²) in [6.07, 6.45) is 1.31. The second kappa shape index (κ2) is 9.81.